The Bertz CT molecular complexity index is 1690. The zero-order chi connectivity index (χ0) is 34.4. The molecular weight excluding hydrogens is 608 g/mol. The van der Waals surface area contributed by atoms with Crippen LogP contribution in [0.1, 0.15) is 65.9 Å². The average molecular weight is 659 g/mol. The highest BCUT2D eigenvalue weighted by Crippen LogP contribution is 2.39. The molecular formula is C43H50N2O4. The number of nitrogens with zero attached hydrogens (tertiary/aromatic N) is 1. The molecule has 0 aliphatic carbocycles. The van der Waals surface area contributed by atoms with Gasteiger partial charge in [0.1, 0.15) is 23.0 Å². The van der Waals surface area contributed by atoms with Gasteiger partial charge in [-0.15, -0.1) is 0 Å². The molecule has 0 bridgehead atoms. The van der Waals surface area contributed by atoms with Crippen LogP contribution < -0.4 is 24.3 Å². The summed E-state index contributed by atoms with van der Waals surface area (Å²) in [5.41, 5.74) is 8.99. The van der Waals surface area contributed by atoms with Gasteiger partial charge in [0.25, 0.3) is 0 Å². The van der Waals surface area contributed by atoms with Crippen molar-refractivity contribution in [3.8, 4) is 56.6 Å². The molecule has 0 fully saturated rings. The summed E-state index contributed by atoms with van der Waals surface area (Å²) in [4.78, 5) is 5.19. The molecule has 1 heterocycles. The molecule has 5 rings (SSSR count). The van der Waals surface area contributed by atoms with E-state index in [0.717, 1.165) is 74.4 Å². The number of aromatic nitrogens is 1. The number of pyridine rings is 1. The Morgan fingerprint density at radius 1 is 0.490 bits per heavy atom. The molecule has 0 saturated carbocycles. The summed E-state index contributed by atoms with van der Waals surface area (Å²) >= 11 is 0. The molecule has 0 unspecified atom stereocenters. The molecule has 1 aromatic heterocycles. The van der Waals surface area contributed by atoms with Crippen molar-refractivity contribution in [3.05, 3.63) is 103 Å². The fourth-order valence-electron chi connectivity index (χ4n) is 5.89. The first-order chi connectivity index (χ1) is 24.0. The summed E-state index contributed by atoms with van der Waals surface area (Å²) < 4.78 is 23.8. The summed E-state index contributed by atoms with van der Waals surface area (Å²) in [6, 6.07) is 33.5. The van der Waals surface area contributed by atoms with Crippen LogP contribution in [0, 0.1) is 0 Å². The predicted octanol–water partition coefficient (Wildman–Crippen LogP) is 11.5. The van der Waals surface area contributed by atoms with Crippen molar-refractivity contribution in [1.29, 1.82) is 0 Å². The Kier molecular flexibility index (Phi) is 13.0. The van der Waals surface area contributed by atoms with E-state index in [0.29, 0.717) is 26.4 Å². The second-order valence-electron chi connectivity index (χ2n) is 11.9. The molecule has 0 atom stereocenters. The zero-order valence-corrected chi connectivity index (χ0v) is 29.7. The highest BCUT2D eigenvalue weighted by Gasteiger charge is 2.17. The normalized spacial score (nSPS) is 10.9. The van der Waals surface area contributed by atoms with Gasteiger partial charge in [0, 0.05) is 34.6 Å². The van der Waals surface area contributed by atoms with Crippen molar-refractivity contribution >= 4 is 11.4 Å². The molecule has 256 valence electrons. The van der Waals surface area contributed by atoms with Gasteiger partial charge in [-0.3, -0.25) is 0 Å². The summed E-state index contributed by atoms with van der Waals surface area (Å²) in [5.74, 6) is 2.99. The molecule has 1 N–H and O–H groups in total. The first-order valence-electron chi connectivity index (χ1n) is 17.8. The summed E-state index contributed by atoms with van der Waals surface area (Å²) in [6.45, 7) is 12.4. The summed E-state index contributed by atoms with van der Waals surface area (Å²) in [7, 11) is 0. The quantitative estimate of drug-likeness (QED) is 0.0946. The molecule has 0 spiro atoms. The molecule has 4 aromatic carbocycles. The fraction of sp³-hybridized carbons (Fsp3) is 0.326. The third-order valence-corrected chi connectivity index (χ3v) is 8.28. The molecule has 0 radical (unpaired) electrons. The van der Waals surface area contributed by atoms with E-state index in [1.807, 2.05) is 64.1 Å². The predicted molar refractivity (Wildman–Crippen MR) is 203 cm³/mol. The van der Waals surface area contributed by atoms with Crippen molar-refractivity contribution in [2.24, 2.45) is 0 Å². The summed E-state index contributed by atoms with van der Waals surface area (Å²) in [6.07, 6.45) is 6.25. The van der Waals surface area contributed by atoms with Crippen LogP contribution in [0.15, 0.2) is 97.1 Å². The molecule has 5 aromatic rings. The minimum Gasteiger partial charge on any atom is -0.494 e. The topological polar surface area (TPSA) is 61.8 Å². The van der Waals surface area contributed by atoms with Gasteiger partial charge in [-0.1, -0.05) is 50.5 Å². The maximum Gasteiger partial charge on any atom is 0.132 e. The minimum absolute atomic E-state index is 0.526. The second kappa shape index (κ2) is 18.0. The van der Waals surface area contributed by atoms with E-state index in [-0.39, 0.29) is 0 Å². The molecule has 0 aliphatic rings. The third-order valence-electron chi connectivity index (χ3n) is 8.28. The number of aryl methyl sites for hydroxylation is 1. The van der Waals surface area contributed by atoms with E-state index in [2.05, 4.69) is 72.9 Å². The maximum atomic E-state index is 6.11. The van der Waals surface area contributed by atoms with E-state index in [1.165, 1.54) is 31.2 Å². The maximum absolute atomic E-state index is 6.11. The average Bonchev–Trinajstić information content (AvgIpc) is 3.12. The first kappa shape index (κ1) is 35.3. The molecule has 49 heavy (non-hydrogen) atoms. The van der Waals surface area contributed by atoms with Crippen LogP contribution >= 0.6 is 0 Å². The SMILES string of the molecule is CCCCCCc1ccc(Nc2ccc(-c3cc(-c4ccc(OCC)cc4OCC)nc(-c4ccc(OCC)cc4OCC)c3)cc2)cc1. The van der Waals surface area contributed by atoms with Gasteiger partial charge in [0.2, 0.25) is 0 Å². The Balaban J connectivity index is 1.50. The van der Waals surface area contributed by atoms with Gasteiger partial charge < -0.3 is 24.3 Å². The fourth-order valence-corrected chi connectivity index (χ4v) is 5.89. The van der Waals surface area contributed by atoms with Crippen molar-refractivity contribution in [2.45, 2.75) is 66.7 Å². The Hall–Kier alpha value is -4.97. The van der Waals surface area contributed by atoms with E-state index in [1.54, 1.807) is 0 Å². The van der Waals surface area contributed by atoms with Crippen molar-refractivity contribution < 1.29 is 18.9 Å². The van der Waals surface area contributed by atoms with E-state index >= 15 is 0 Å². The smallest absolute Gasteiger partial charge is 0.132 e. The first-order valence-corrected chi connectivity index (χ1v) is 17.8. The Morgan fingerprint density at radius 2 is 1.00 bits per heavy atom. The van der Waals surface area contributed by atoms with Gasteiger partial charge in [-0.2, -0.15) is 0 Å². The number of rotatable bonds is 18. The van der Waals surface area contributed by atoms with Crippen LogP contribution in [0.3, 0.4) is 0 Å². The number of anilines is 2. The molecule has 0 saturated heterocycles. The van der Waals surface area contributed by atoms with Crippen LogP contribution in [-0.4, -0.2) is 31.4 Å². The van der Waals surface area contributed by atoms with Crippen LogP contribution in [-0.2, 0) is 6.42 Å². The molecule has 6 nitrogen and oxygen atoms in total. The van der Waals surface area contributed by atoms with Gasteiger partial charge >= 0.3 is 0 Å². The minimum atomic E-state index is 0.526. The molecule has 0 amide bonds. The van der Waals surface area contributed by atoms with Crippen LogP contribution in [0.4, 0.5) is 11.4 Å². The Labute approximate surface area is 292 Å². The van der Waals surface area contributed by atoms with Gasteiger partial charge in [-0.05, 0) is 118 Å². The lowest BCUT2D eigenvalue weighted by molar-refractivity contribution is 0.323. The van der Waals surface area contributed by atoms with Gasteiger partial charge in [0.15, 0.2) is 0 Å². The number of ether oxygens (including phenoxy) is 4. The van der Waals surface area contributed by atoms with E-state index in [4.69, 9.17) is 23.9 Å². The number of hydrogen-bond acceptors (Lipinski definition) is 6. The van der Waals surface area contributed by atoms with Crippen molar-refractivity contribution in [1.82, 2.24) is 4.98 Å². The number of hydrogen-bond donors (Lipinski definition) is 1. The van der Waals surface area contributed by atoms with Crippen LogP contribution in [0.2, 0.25) is 0 Å². The highest BCUT2D eigenvalue weighted by atomic mass is 16.5. The molecule has 6 heteroatoms. The van der Waals surface area contributed by atoms with E-state index in [9.17, 15) is 0 Å². The van der Waals surface area contributed by atoms with E-state index < -0.39 is 0 Å². The molecule has 0 aliphatic heterocycles. The lowest BCUT2D eigenvalue weighted by Gasteiger charge is -2.17. The van der Waals surface area contributed by atoms with Crippen LogP contribution in [0.5, 0.6) is 23.0 Å². The van der Waals surface area contributed by atoms with Crippen LogP contribution in [0.25, 0.3) is 33.6 Å². The number of benzene rings is 4. The number of unbranched alkanes of at least 4 members (excludes halogenated alkanes) is 3. The zero-order valence-electron chi connectivity index (χ0n) is 29.7. The standard InChI is InChI=1S/C43H50N2O4/c1-6-11-12-13-14-31-15-19-34(20-16-31)44-35-21-17-32(18-22-35)33-27-40(38-25-23-36(46-7-2)29-42(38)48-9-4)45-41(28-33)39-26-24-37(47-8-3)30-43(39)49-10-5/h15-30,44H,6-14H2,1-5H3. The van der Waals surface area contributed by atoms with Gasteiger partial charge in [0.05, 0.1) is 37.8 Å². The van der Waals surface area contributed by atoms with Crippen molar-refractivity contribution in [3.63, 3.8) is 0 Å². The highest BCUT2D eigenvalue weighted by molar-refractivity contribution is 5.81. The third kappa shape index (κ3) is 9.56. The van der Waals surface area contributed by atoms with Crippen molar-refractivity contribution in [2.75, 3.05) is 31.7 Å². The lowest BCUT2D eigenvalue weighted by Crippen LogP contribution is -2.00. The lowest BCUT2D eigenvalue weighted by atomic mass is 9.99. The summed E-state index contributed by atoms with van der Waals surface area (Å²) in [5, 5.41) is 3.57. The van der Waals surface area contributed by atoms with Gasteiger partial charge in [-0.25, -0.2) is 4.98 Å². The number of nitrogens with one attached hydrogen (secondary N) is 1. The Morgan fingerprint density at radius 3 is 1.49 bits per heavy atom. The monoisotopic (exact) mass is 658 g/mol. The largest absolute Gasteiger partial charge is 0.494 e. The second-order valence-corrected chi connectivity index (χ2v) is 11.9.